The first kappa shape index (κ1) is 16.2. The highest BCUT2D eigenvalue weighted by molar-refractivity contribution is 5.83. The number of rotatable bonds is 3. The monoisotopic (exact) mass is 340 g/mol. The van der Waals surface area contributed by atoms with Gasteiger partial charge in [-0.3, -0.25) is 9.78 Å². The Morgan fingerprint density at radius 3 is 2.76 bits per heavy atom. The molecule has 2 aliphatic heterocycles. The molecule has 0 saturated carbocycles. The maximum absolute atomic E-state index is 13.1. The highest BCUT2D eigenvalue weighted by Crippen LogP contribution is 2.33. The third kappa shape index (κ3) is 3.27. The predicted molar refractivity (Wildman–Crippen MR) is 91.7 cm³/mol. The minimum Gasteiger partial charge on any atom is -0.334 e. The summed E-state index contributed by atoms with van der Waals surface area (Å²) in [6, 6.07) is 10.2. The van der Waals surface area contributed by atoms with Gasteiger partial charge < -0.3 is 4.90 Å². The van der Waals surface area contributed by atoms with Gasteiger partial charge in [-0.1, -0.05) is 18.2 Å². The van der Waals surface area contributed by atoms with E-state index in [4.69, 9.17) is 0 Å². The number of nitrogens with zero attached hydrogens (tertiary/aromatic N) is 2. The van der Waals surface area contributed by atoms with Crippen molar-refractivity contribution >= 4 is 5.91 Å². The lowest BCUT2D eigenvalue weighted by molar-refractivity contribution is -0.134. The molecule has 130 valence electrons. The first-order valence-electron chi connectivity index (χ1n) is 8.69. The first-order valence-corrected chi connectivity index (χ1v) is 8.69. The van der Waals surface area contributed by atoms with Gasteiger partial charge in [-0.25, -0.2) is 15.2 Å². The van der Waals surface area contributed by atoms with Gasteiger partial charge in [0.15, 0.2) is 0 Å². The second kappa shape index (κ2) is 6.90. The third-order valence-corrected chi connectivity index (χ3v) is 5.08. The quantitative estimate of drug-likeness (QED) is 0.901. The Labute approximate surface area is 146 Å². The maximum Gasteiger partial charge on any atom is 0.241 e. The van der Waals surface area contributed by atoms with Gasteiger partial charge in [0.25, 0.3) is 0 Å². The Hall–Kier alpha value is -2.31. The van der Waals surface area contributed by atoms with E-state index in [2.05, 4.69) is 15.8 Å². The normalized spacial score (nSPS) is 26.1. The summed E-state index contributed by atoms with van der Waals surface area (Å²) < 4.78 is 13.1. The lowest BCUT2D eigenvalue weighted by atomic mass is 10.0. The largest absolute Gasteiger partial charge is 0.334 e. The number of carbonyl (C=O) groups excluding carboxylic acids is 1. The number of halogens is 1. The van der Waals surface area contributed by atoms with E-state index in [1.165, 1.54) is 12.1 Å². The summed E-state index contributed by atoms with van der Waals surface area (Å²) in [5, 5.41) is 0. The summed E-state index contributed by atoms with van der Waals surface area (Å²) in [7, 11) is 0. The second-order valence-corrected chi connectivity index (χ2v) is 6.66. The molecule has 2 aromatic rings. The van der Waals surface area contributed by atoms with Crippen molar-refractivity contribution in [2.24, 2.45) is 0 Å². The van der Waals surface area contributed by atoms with Crippen LogP contribution in [0.15, 0.2) is 48.8 Å². The van der Waals surface area contributed by atoms with Crippen molar-refractivity contribution in [2.75, 3.05) is 6.54 Å². The number of hydrogen-bond acceptors (Lipinski definition) is 4. The molecule has 25 heavy (non-hydrogen) atoms. The fourth-order valence-corrected chi connectivity index (χ4v) is 3.78. The van der Waals surface area contributed by atoms with Gasteiger partial charge in [0.05, 0.1) is 6.04 Å². The third-order valence-electron chi connectivity index (χ3n) is 5.08. The van der Waals surface area contributed by atoms with Crippen molar-refractivity contribution in [3.63, 3.8) is 0 Å². The first-order chi connectivity index (χ1) is 12.2. The maximum atomic E-state index is 13.1. The van der Waals surface area contributed by atoms with Crippen LogP contribution in [0.1, 0.15) is 42.5 Å². The van der Waals surface area contributed by atoms with E-state index in [-0.39, 0.29) is 29.8 Å². The van der Waals surface area contributed by atoms with Crippen molar-refractivity contribution in [2.45, 2.75) is 37.4 Å². The molecule has 5 nitrogen and oxygen atoms in total. The zero-order valence-electron chi connectivity index (χ0n) is 13.9. The lowest BCUT2D eigenvalue weighted by Gasteiger charge is -2.27. The van der Waals surface area contributed by atoms with E-state index in [0.29, 0.717) is 6.42 Å². The Morgan fingerprint density at radius 2 is 2.00 bits per heavy atom. The molecule has 6 heteroatoms. The number of likely N-dealkylation sites (tertiary alicyclic amines) is 1. The van der Waals surface area contributed by atoms with Gasteiger partial charge >= 0.3 is 0 Å². The van der Waals surface area contributed by atoms with Crippen LogP contribution in [0, 0.1) is 5.82 Å². The van der Waals surface area contributed by atoms with Gasteiger partial charge in [-0.15, -0.1) is 0 Å². The van der Waals surface area contributed by atoms with Crippen LogP contribution in [0.3, 0.4) is 0 Å². The van der Waals surface area contributed by atoms with E-state index < -0.39 is 0 Å². The molecule has 2 N–H and O–H groups in total. The van der Waals surface area contributed by atoms with Crippen LogP contribution in [-0.4, -0.2) is 28.4 Å². The fourth-order valence-electron chi connectivity index (χ4n) is 3.78. The Bertz CT molecular complexity index is 737. The second-order valence-electron chi connectivity index (χ2n) is 6.66. The van der Waals surface area contributed by atoms with E-state index >= 15 is 0 Å². The van der Waals surface area contributed by atoms with Gasteiger partial charge in [0.2, 0.25) is 5.91 Å². The summed E-state index contributed by atoms with van der Waals surface area (Å²) in [5.74, 6) is -0.137. The summed E-state index contributed by atoms with van der Waals surface area (Å²) in [5.41, 5.74) is 8.36. The fraction of sp³-hybridized carbons (Fsp3) is 0.368. The highest BCUT2D eigenvalue weighted by Gasteiger charge is 2.37. The molecule has 2 saturated heterocycles. The van der Waals surface area contributed by atoms with Crippen molar-refractivity contribution in [1.29, 1.82) is 0 Å². The van der Waals surface area contributed by atoms with Crippen molar-refractivity contribution < 1.29 is 9.18 Å². The molecule has 0 spiro atoms. The zero-order valence-corrected chi connectivity index (χ0v) is 13.9. The molecular formula is C19H21FN4O. The number of benzene rings is 1. The van der Waals surface area contributed by atoms with Gasteiger partial charge in [0.1, 0.15) is 11.9 Å². The molecule has 0 aliphatic carbocycles. The van der Waals surface area contributed by atoms with Crippen LogP contribution in [0.25, 0.3) is 0 Å². The average molecular weight is 340 g/mol. The summed E-state index contributed by atoms with van der Waals surface area (Å²) in [4.78, 5) is 19.1. The van der Waals surface area contributed by atoms with E-state index in [0.717, 1.165) is 30.5 Å². The number of pyridine rings is 1. The standard InChI is InChI=1S/C19H21FN4O/c20-15-7-5-13(6-8-15)16-11-17(23-22-16)19(25)24-10-2-4-18(24)14-3-1-9-21-12-14/h1,3,5-9,12,16-18,22-23H,2,4,10-11H2. The van der Waals surface area contributed by atoms with Crippen LogP contribution in [0.4, 0.5) is 4.39 Å². The van der Waals surface area contributed by atoms with Gasteiger partial charge in [-0.2, -0.15) is 0 Å². The van der Waals surface area contributed by atoms with E-state index in [1.54, 1.807) is 18.3 Å². The lowest BCUT2D eigenvalue weighted by Crippen LogP contribution is -2.45. The molecule has 1 aromatic carbocycles. The minimum absolute atomic E-state index is 0.00833. The molecular weight excluding hydrogens is 319 g/mol. The molecule has 1 aromatic heterocycles. The number of hydrogen-bond donors (Lipinski definition) is 2. The van der Waals surface area contributed by atoms with Crippen LogP contribution in [-0.2, 0) is 4.79 Å². The number of aromatic nitrogens is 1. The van der Waals surface area contributed by atoms with Crippen LogP contribution in [0.5, 0.6) is 0 Å². The minimum atomic E-state index is -0.271. The number of hydrazine groups is 1. The molecule has 0 radical (unpaired) electrons. The number of carbonyl (C=O) groups is 1. The average Bonchev–Trinajstić information content (AvgIpc) is 3.32. The van der Waals surface area contributed by atoms with Crippen molar-refractivity contribution in [3.05, 3.63) is 65.7 Å². The molecule has 4 rings (SSSR count). The van der Waals surface area contributed by atoms with Crippen LogP contribution >= 0.6 is 0 Å². The summed E-state index contributed by atoms with van der Waals surface area (Å²) in [6.45, 7) is 0.776. The topological polar surface area (TPSA) is 57.3 Å². The van der Waals surface area contributed by atoms with Crippen molar-refractivity contribution in [1.82, 2.24) is 20.7 Å². The van der Waals surface area contributed by atoms with E-state index in [1.807, 2.05) is 23.2 Å². The number of nitrogens with one attached hydrogen (secondary N) is 2. The Kier molecular flexibility index (Phi) is 4.46. The molecule has 2 fully saturated rings. The van der Waals surface area contributed by atoms with Gasteiger partial charge in [0, 0.05) is 25.0 Å². The molecule has 2 aliphatic rings. The van der Waals surface area contributed by atoms with E-state index in [9.17, 15) is 9.18 Å². The number of amides is 1. The zero-order chi connectivity index (χ0) is 17.2. The SMILES string of the molecule is O=C(C1CC(c2ccc(F)cc2)NN1)N1CCCC1c1cccnc1. The summed E-state index contributed by atoms with van der Waals surface area (Å²) in [6.07, 6.45) is 6.23. The molecule has 3 atom stereocenters. The molecule has 1 amide bonds. The van der Waals surface area contributed by atoms with Crippen molar-refractivity contribution in [3.8, 4) is 0 Å². The van der Waals surface area contributed by atoms with Crippen LogP contribution in [0.2, 0.25) is 0 Å². The smallest absolute Gasteiger partial charge is 0.241 e. The predicted octanol–water partition coefficient (Wildman–Crippen LogP) is 2.49. The molecule has 3 heterocycles. The van der Waals surface area contributed by atoms with Crippen LogP contribution < -0.4 is 10.9 Å². The Balaban J connectivity index is 1.45. The van der Waals surface area contributed by atoms with Gasteiger partial charge in [-0.05, 0) is 48.6 Å². The highest BCUT2D eigenvalue weighted by atomic mass is 19.1. The molecule has 0 bridgehead atoms. The summed E-state index contributed by atoms with van der Waals surface area (Å²) >= 11 is 0. The molecule has 3 unspecified atom stereocenters. The Morgan fingerprint density at radius 1 is 1.16 bits per heavy atom.